The third-order valence-corrected chi connectivity index (χ3v) is 8.78. The Morgan fingerprint density at radius 2 is 0.946 bits per heavy atom. The maximum atomic E-state index is 12.3. The second kappa shape index (κ2) is 11.6. The van der Waals surface area contributed by atoms with Crippen molar-refractivity contribution in [1.29, 1.82) is 0 Å². The summed E-state index contributed by atoms with van der Waals surface area (Å²) in [5.41, 5.74) is 0. The highest BCUT2D eigenvalue weighted by Gasteiger charge is 2.17. The van der Waals surface area contributed by atoms with Gasteiger partial charge in [-0.05, 0) is 145 Å². The van der Waals surface area contributed by atoms with Crippen LogP contribution in [0.1, 0.15) is 21.1 Å². The number of carbonyl (C=O) groups is 2. The fourth-order valence-corrected chi connectivity index (χ4v) is 6.61. The van der Waals surface area contributed by atoms with Crippen molar-refractivity contribution in [2.75, 3.05) is 0 Å². The number of esters is 2. The predicted octanol–water partition coefficient (Wildman–Crippen LogP) is 8.00. The second-order valence-corrected chi connectivity index (χ2v) is 12.0. The minimum atomic E-state index is -0.912. The van der Waals surface area contributed by atoms with Gasteiger partial charge in [-0.3, -0.25) is 0 Å². The van der Waals surface area contributed by atoms with Crippen LogP contribution in [0, 0.1) is 7.53 Å². The maximum Gasteiger partial charge on any atom is 0.379 e. The lowest BCUT2D eigenvalue weighted by Gasteiger charge is -2.23. The summed E-state index contributed by atoms with van der Waals surface area (Å²) in [4.78, 5) is 28.0. The van der Waals surface area contributed by atoms with Gasteiger partial charge in [0.25, 0.3) is 0 Å². The zero-order valence-corrected chi connectivity index (χ0v) is 24.2. The summed E-state index contributed by atoms with van der Waals surface area (Å²) in [5.74, 6) is 0.0759. The van der Waals surface area contributed by atoms with Gasteiger partial charge < -0.3 is 18.3 Å². The number of hydrogen-bond acceptors (Lipinski definition) is 6. The minimum absolute atomic E-state index is 0.155. The molecule has 0 fully saturated rings. The Hall–Kier alpha value is -3.03. The van der Waals surface area contributed by atoms with Gasteiger partial charge in [-0.15, -0.1) is 0 Å². The number of carbonyl (C=O) groups excluding carboxylic acids is 2. The molecule has 2 aromatic heterocycles. The van der Waals surface area contributed by atoms with Gasteiger partial charge in [0.2, 0.25) is 11.5 Å². The predicted molar refractivity (Wildman–Crippen MR) is 156 cm³/mol. The van der Waals surface area contributed by atoms with Crippen molar-refractivity contribution in [2.45, 2.75) is 14.7 Å². The van der Waals surface area contributed by atoms with Gasteiger partial charge in [0.1, 0.15) is 11.5 Å². The zero-order valence-electron chi connectivity index (χ0n) is 19.0. The van der Waals surface area contributed by atoms with Crippen LogP contribution >= 0.6 is 56.1 Å². The van der Waals surface area contributed by atoms with E-state index >= 15 is 0 Å². The van der Waals surface area contributed by atoms with Gasteiger partial charge >= 0.3 is 11.9 Å². The van der Waals surface area contributed by atoms with E-state index < -0.39 is 22.8 Å². The quantitative estimate of drug-likeness (QED) is 0.0791. The lowest BCUT2D eigenvalue weighted by molar-refractivity contribution is 0.0691. The molecule has 0 bridgehead atoms. The Kier molecular flexibility index (Phi) is 8.01. The molecule has 2 heterocycles. The second-order valence-electron chi connectivity index (χ2n) is 7.65. The third kappa shape index (κ3) is 6.28. The Morgan fingerprint density at radius 1 is 0.541 bits per heavy atom. The van der Waals surface area contributed by atoms with Crippen molar-refractivity contribution < 1.29 is 27.9 Å². The van der Waals surface area contributed by atoms with Crippen LogP contribution < -0.4 is 9.47 Å². The molecule has 0 amide bonds. The molecule has 3 aromatic carbocycles. The average molecular weight is 736 g/mol. The van der Waals surface area contributed by atoms with Gasteiger partial charge in [-0.25, -0.2) is 9.59 Å². The van der Waals surface area contributed by atoms with E-state index in [4.69, 9.17) is 18.3 Å². The largest absolute Gasteiger partial charge is 0.443 e. The molecule has 0 saturated carbocycles. The third-order valence-electron chi connectivity index (χ3n) is 5.17. The van der Waals surface area contributed by atoms with Crippen molar-refractivity contribution in [3.8, 4) is 11.5 Å². The van der Waals surface area contributed by atoms with E-state index in [2.05, 4.69) is 12.1 Å². The monoisotopic (exact) mass is 736 g/mol. The van der Waals surface area contributed by atoms with Crippen molar-refractivity contribution in [2.24, 2.45) is 0 Å². The lowest BCUT2D eigenvalue weighted by Crippen LogP contribution is -2.07. The molecule has 0 saturated heterocycles. The van der Waals surface area contributed by atoms with Crippen LogP contribution in [0.4, 0.5) is 0 Å². The number of thiol groups is 1. The zero-order chi connectivity index (χ0) is 25.8. The first-order chi connectivity index (χ1) is 18.0. The van der Waals surface area contributed by atoms with Crippen LogP contribution in [-0.4, -0.2) is 11.9 Å². The molecule has 0 aliphatic carbocycles. The van der Waals surface area contributed by atoms with Gasteiger partial charge in [-0.1, -0.05) is 18.2 Å². The molecule has 0 spiro atoms. The fourth-order valence-electron chi connectivity index (χ4n) is 3.51. The molecular weight excluding hydrogens is 718 g/mol. The molecule has 0 radical (unpaired) electrons. The first kappa shape index (κ1) is 25.6. The first-order valence-corrected chi connectivity index (χ1v) is 14.5. The van der Waals surface area contributed by atoms with Crippen LogP contribution in [0.2, 0.25) is 0 Å². The van der Waals surface area contributed by atoms with Gasteiger partial charge in [-0.2, -0.15) is 10.9 Å². The summed E-state index contributed by atoms with van der Waals surface area (Å²) in [5, 5.41) is 0. The van der Waals surface area contributed by atoms with Gasteiger partial charge in [0.15, 0.2) is 7.53 Å². The van der Waals surface area contributed by atoms with Gasteiger partial charge in [0.05, 0.1) is 0 Å². The van der Waals surface area contributed by atoms with E-state index in [9.17, 15) is 9.59 Å². The molecule has 37 heavy (non-hydrogen) atoms. The standard InChI is InChI=1S/C28H18I2O6S/c29-25-16-14-23(35-25)27(31)33-18-6-10-21(11-7-18)37(20-4-2-1-3-5-20)22-12-8-19(9-13-22)34-28(32)24-15-17-26(30)36-24/h1-17,37H. The normalized spacial score (nSPS) is 11.1. The van der Waals surface area contributed by atoms with Crippen LogP contribution in [0.25, 0.3) is 0 Å². The number of halogens is 2. The average Bonchev–Trinajstić information content (AvgIpc) is 3.55. The highest BCUT2D eigenvalue weighted by Crippen LogP contribution is 2.51. The van der Waals surface area contributed by atoms with E-state index in [1.807, 2.05) is 87.6 Å². The van der Waals surface area contributed by atoms with E-state index in [-0.39, 0.29) is 11.5 Å². The van der Waals surface area contributed by atoms with Crippen molar-refractivity contribution in [3.63, 3.8) is 0 Å². The Labute approximate surface area is 242 Å². The summed E-state index contributed by atoms with van der Waals surface area (Å²) >= 11 is 3.99. The van der Waals surface area contributed by atoms with Gasteiger partial charge in [0, 0.05) is 0 Å². The Balaban J connectivity index is 1.37. The number of benzene rings is 3. The molecule has 0 aliphatic rings. The number of ether oxygens (including phenoxy) is 2. The molecule has 0 N–H and O–H groups in total. The highest BCUT2D eigenvalue weighted by atomic mass is 127. The van der Waals surface area contributed by atoms with Crippen LogP contribution in [0.15, 0.2) is 127 Å². The summed E-state index contributed by atoms with van der Waals surface area (Å²) in [6.07, 6.45) is 0. The fraction of sp³-hybridized carbons (Fsp3) is 0. The summed E-state index contributed by atoms with van der Waals surface area (Å²) in [6.45, 7) is 0. The maximum absolute atomic E-state index is 12.3. The van der Waals surface area contributed by atoms with E-state index in [0.717, 1.165) is 14.7 Å². The molecule has 186 valence electrons. The van der Waals surface area contributed by atoms with Crippen LogP contribution in [-0.2, 0) is 0 Å². The number of furan rings is 2. The summed E-state index contributed by atoms with van der Waals surface area (Å²) in [7, 11) is -0.912. The lowest BCUT2D eigenvalue weighted by atomic mass is 10.3. The molecule has 5 aromatic rings. The molecule has 0 aliphatic heterocycles. The molecule has 0 atom stereocenters. The number of hydrogen-bond donors (Lipinski definition) is 1. The molecule has 9 heteroatoms. The summed E-state index contributed by atoms with van der Waals surface area (Å²) in [6, 6.07) is 31.7. The Bertz CT molecular complexity index is 1430. The first-order valence-electron chi connectivity index (χ1n) is 11.0. The van der Waals surface area contributed by atoms with Crippen molar-refractivity contribution in [1.82, 2.24) is 0 Å². The smallest absolute Gasteiger partial charge is 0.379 e. The molecule has 5 rings (SSSR count). The van der Waals surface area contributed by atoms with Crippen molar-refractivity contribution in [3.05, 3.63) is 122 Å². The summed E-state index contributed by atoms with van der Waals surface area (Å²) < 4.78 is 22.8. The number of rotatable bonds is 7. The topological polar surface area (TPSA) is 78.9 Å². The van der Waals surface area contributed by atoms with Crippen LogP contribution in [0.3, 0.4) is 0 Å². The van der Waals surface area contributed by atoms with E-state index in [1.54, 1.807) is 48.5 Å². The molecular formula is C28H18I2O6S. The highest BCUT2D eigenvalue weighted by molar-refractivity contribution is 14.1. The molecule has 0 unspecified atom stereocenters. The van der Waals surface area contributed by atoms with E-state index in [0.29, 0.717) is 19.0 Å². The van der Waals surface area contributed by atoms with Crippen LogP contribution in [0.5, 0.6) is 11.5 Å². The minimum Gasteiger partial charge on any atom is -0.443 e. The molecule has 6 nitrogen and oxygen atoms in total. The Morgan fingerprint density at radius 3 is 1.32 bits per heavy atom. The van der Waals surface area contributed by atoms with Crippen molar-refractivity contribution >= 4 is 68.0 Å². The van der Waals surface area contributed by atoms with E-state index in [1.165, 1.54) is 0 Å². The SMILES string of the molecule is O=C(Oc1ccc([SH](c2ccccc2)c2ccc(OC(=O)c3ccc(I)o3)cc2)cc1)c1ccc(I)o1.